The second kappa shape index (κ2) is 6.80. The lowest BCUT2D eigenvalue weighted by Crippen LogP contribution is -2.14. The fraction of sp³-hybridized carbons (Fsp3) is 0.133. The molecular weight excluding hydrogens is 311 g/mol. The molecule has 2 aromatic rings. The topological polar surface area (TPSA) is 64.3 Å². The molecule has 110 valence electrons. The van der Waals surface area contributed by atoms with Gasteiger partial charge in [-0.1, -0.05) is 41.4 Å². The highest BCUT2D eigenvalue weighted by molar-refractivity contribution is 6.44. The number of nitrogens with one attached hydrogen (secondary N) is 1. The van der Waals surface area contributed by atoms with Gasteiger partial charge in [0.05, 0.1) is 22.3 Å². The molecular formula is C15H14Cl2N2O2. The van der Waals surface area contributed by atoms with Crippen molar-refractivity contribution in [2.45, 2.75) is 6.61 Å². The smallest absolute Gasteiger partial charge is 0.255 e. The Morgan fingerprint density at radius 1 is 1.29 bits per heavy atom. The van der Waals surface area contributed by atoms with Gasteiger partial charge in [0.1, 0.15) is 0 Å². The molecule has 1 amide bonds. The Kier molecular flexibility index (Phi) is 5.07. The summed E-state index contributed by atoms with van der Waals surface area (Å²) in [7, 11) is 1.60. The van der Waals surface area contributed by atoms with Crippen LogP contribution in [0.4, 0.5) is 11.4 Å². The molecule has 0 fully saturated rings. The summed E-state index contributed by atoms with van der Waals surface area (Å²) in [5.41, 5.74) is 7.87. The van der Waals surface area contributed by atoms with Gasteiger partial charge in [0.15, 0.2) is 0 Å². The first-order valence-corrected chi connectivity index (χ1v) is 6.91. The van der Waals surface area contributed by atoms with Gasteiger partial charge in [0, 0.05) is 23.9 Å². The number of carbonyl (C=O) groups excluding carboxylic acids is 1. The summed E-state index contributed by atoms with van der Waals surface area (Å²) in [6.07, 6.45) is 0. The quantitative estimate of drug-likeness (QED) is 0.836. The Hall–Kier alpha value is -1.75. The van der Waals surface area contributed by atoms with Crippen LogP contribution in [0.25, 0.3) is 0 Å². The van der Waals surface area contributed by atoms with Crippen LogP contribution >= 0.6 is 23.2 Å². The molecule has 21 heavy (non-hydrogen) atoms. The average Bonchev–Trinajstić information content (AvgIpc) is 2.46. The summed E-state index contributed by atoms with van der Waals surface area (Å²) in [5.74, 6) is -0.316. The molecule has 0 spiro atoms. The maximum Gasteiger partial charge on any atom is 0.255 e. The van der Waals surface area contributed by atoms with Crippen molar-refractivity contribution in [3.05, 3.63) is 57.6 Å². The van der Waals surface area contributed by atoms with E-state index in [2.05, 4.69) is 5.32 Å². The third-order valence-corrected chi connectivity index (χ3v) is 3.70. The standard InChI is InChI=1S/C15H14Cl2N2O2/c1-21-8-9-4-2-3-5-13(9)19-15(20)10-6-11(16)14(17)12(18)7-10/h2-7H,8,18H2,1H3,(H,19,20). The van der Waals surface area contributed by atoms with Gasteiger partial charge in [0.25, 0.3) is 5.91 Å². The summed E-state index contributed by atoms with van der Waals surface area (Å²) in [5, 5.41) is 3.30. The van der Waals surface area contributed by atoms with Crippen LogP contribution in [-0.2, 0) is 11.3 Å². The Morgan fingerprint density at radius 3 is 2.67 bits per heavy atom. The second-order valence-corrected chi connectivity index (χ2v) is 5.19. The van der Waals surface area contributed by atoms with Crippen molar-refractivity contribution in [3.63, 3.8) is 0 Å². The van der Waals surface area contributed by atoms with Gasteiger partial charge in [-0.25, -0.2) is 0 Å². The lowest BCUT2D eigenvalue weighted by molar-refractivity contribution is 0.102. The Bertz CT molecular complexity index is 651. The van der Waals surface area contributed by atoms with Gasteiger partial charge in [-0.15, -0.1) is 0 Å². The Morgan fingerprint density at radius 2 is 2.00 bits per heavy atom. The number of para-hydroxylation sites is 1. The van der Waals surface area contributed by atoms with E-state index < -0.39 is 0 Å². The number of nitrogens with two attached hydrogens (primary N) is 1. The van der Waals surface area contributed by atoms with Crippen molar-refractivity contribution in [2.75, 3.05) is 18.2 Å². The number of amides is 1. The maximum atomic E-state index is 12.3. The molecule has 0 saturated heterocycles. The number of nitrogen functional groups attached to an aromatic ring is 1. The summed E-state index contributed by atoms with van der Waals surface area (Å²) < 4.78 is 5.10. The highest BCUT2D eigenvalue weighted by Gasteiger charge is 2.13. The molecule has 0 saturated carbocycles. The molecule has 0 atom stereocenters. The minimum absolute atomic E-state index is 0.243. The fourth-order valence-electron chi connectivity index (χ4n) is 1.86. The van der Waals surface area contributed by atoms with Crippen LogP contribution in [0.5, 0.6) is 0 Å². The number of carbonyl (C=O) groups is 1. The van der Waals surface area contributed by atoms with E-state index in [0.717, 1.165) is 5.56 Å². The molecule has 0 aliphatic heterocycles. The largest absolute Gasteiger partial charge is 0.397 e. The molecule has 0 aliphatic rings. The van der Waals surface area contributed by atoms with Crippen LogP contribution in [0, 0.1) is 0 Å². The van der Waals surface area contributed by atoms with Gasteiger partial charge in [-0.05, 0) is 18.2 Å². The van der Waals surface area contributed by atoms with E-state index in [1.807, 2.05) is 18.2 Å². The van der Waals surface area contributed by atoms with Gasteiger partial charge in [0.2, 0.25) is 0 Å². The summed E-state index contributed by atoms with van der Waals surface area (Å²) in [4.78, 5) is 12.3. The predicted octanol–water partition coefficient (Wildman–Crippen LogP) is 3.97. The van der Waals surface area contributed by atoms with Crippen molar-refractivity contribution >= 4 is 40.5 Å². The monoisotopic (exact) mass is 324 g/mol. The lowest BCUT2D eigenvalue weighted by Gasteiger charge is -2.11. The van der Waals surface area contributed by atoms with E-state index in [1.54, 1.807) is 13.2 Å². The van der Waals surface area contributed by atoms with Crippen LogP contribution in [-0.4, -0.2) is 13.0 Å². The summed E-state index contributed by atoms with van der Waals surface area (Å²) >= 11 is 11.8. The molecule has 0 unspecified atom stereocenters. The predicted molar refractivity (Wildman–Crippen MR) is 86.0 cm³/mol. The Balaban J connectivity index is 2.26. The first-order valence-electron chi connectivity index (χ1n) is 6.15. The van der Waals surface area contributed by atoms with Crippen LogP contribution in [0.15, 0.2) is 36.4 Å². The van der Waals surface area contributed by atoms with E-state index in [9.17, 15) is 4.79 Å². The zero-order valence-corrected chi connectivity index (χ0v) is 12.8. The van der Waals surface area contributed by atoms with Gasteiger partial charge in [-0.3, -0.25) is 4.79 Å². The van der Waals surface area contributed by atoms with Gasteiger partial charge < -0.3 is 15.8 Å². The zero-order valence-electron chi connectivity index (χ0n) is 11.3. The van der Waals surface area contributed by atoms with Gasteiger partial charge >= 0.3 is 0 Å². The van der Waals surface area contributed by atoms with E-state index in [-0.39, 0.29) is 21.6 Å². The number of hydrogen-bond donors (Lipinski definition) is 2. The first-order chi connectivity index (χ1) is 10.0. The third kappa shape index (κ3) is 3.67. The molecule has 6 heteroatoms. The molecule has 2 rings (SSSR count). The molecule has 4 nitrogen and oxygen atoms in total. The molecule has 3 N–H and O–H groups in total. The molecule has 0 radical (unpaired) electrons. The normalized spacial score (nSPS) is 10.4. The third-order valence-electron chi connectivity index (χ3n) is 2.88. The Labute approximate surface area is 132 Å². The molecule has 0 aromatic heterocycles. The zero-order chi connectivity index (χ0) is 15.4. The highest BCUT2D eigenvalue weighted by Crippen LogP contribution is 2.29. The first kappa shape index (κ1) is 15.6. The lowest BCUT2D eigenvalue weighted by atomic mass is 10.1. The summed E-state index contributed by atoms with van der Waals surface area (Å²) in [6.45, 7) is 0.403. The highest BCUT2D eigenvalue weighted by atomic mass is 35.5. The van der Waals surface area contributed by atoms with E-state index in [4.69, 9.17) is 33.7 Å². The van der Waals surface area contributed by atoms with Crippen LogP contribution in [0.3, 0.4) is 0 Å². The van der Waals surface area contributed by atoms with Crippen molar-refractivity contribution < 1.29 is 9.53 Å². The number of ether oxygens (including phenoxy) is 1. The number of halogens is 2. The summed E-state index contributed by atoms with van der Waals surface area (Å²) in [6, 6.07) is 10.4. The number of rotatable bonds is 4. The molecule has 0 bridgehead atoms. The van der Waals surface area contributed by atoms with Crippen molar-refractivity contribution in [1.82, 2.24) is 0 Å². The molecule has 2 aromatic carbocycles. The van der Waals surface area contributed by atoms with Gasteiger partial charge in [-0.2, -0.15) is 0 Å². The molecule has 0 heterocycles. The van der Waals surface area contributed by atoms with E-state index in [1.165, 1.54) is 12.1 Å². The number of benzene rings is 2. The number of methoxy groups -OCH3 is 1. The second-order valence-electron chi connectivity index (χ2n) is 4.41. The van der Waals surface area contributed by atoms with E-state index >= 15 is 0 Å². The van der Waals surface area contributed by atoms with Crippen LogP contribution in [0.2, 0.25) is 10.0 Å². The maximum absolute atomic E-state index is 12.3. The number of hydrogen-bond acceptors (Lipinski definition) is 3. The van der Waals surface area contributed by atoms with Crippen molar-refractivity contribution in [3.8, 4) is 0 Å². The minimum Gasteiger partial charge on any atom is -0.397 e. The van der Waals surface area contributed by atoms with Crippen molar-refractivity contribution in [2.24, 2.45) is 0 Å². The fourth-order valence-corrected chi connectivity index (χ4v) is 2.20. The van der Waals surface area contributed by atoms with Crippen LogP contribution < -0.4 is 11.1 Å². The SMILES string of the molecule is COCc1ccccc1NC(=O)c1cc(N)c(Cl)c(Cl)c1. The molecule has 0 aliphatic carbocycles. The van der Waals surface area contributed by atoms with Crippen LogP contribution in [0.1, 0.15) is 15.9 Å². The minimum atomic E-state index is -0.316. The average molecular weight is 325 g/mol. The van der Waals surface area contributed by atoms with Crippen molar-refractivity contribution in [1.29, 1.82) is 0 Å². The van der Waals surface area contributed by atoms with E-state index in [0.29, 0.717) is 17.9 Å². The number of anilines is 2.